The molecular formula is C26H23N3O4. The average Bonchev–Trinajstić information content (AvgIpc) is 3.05. The van der Waals surface area contributed by atoms with E-state index in [1.165, 1.54) is 11.8 Å². The summed E-state index contributed by atoms with van der Waals surface area (Å²) in [4.78, 5) is 39.3. The van der Waals surface area contributed by atoms with Crippen molar-refractivity contribution in [1.29, 1.82) is 0 Å². The van der Waals surface area contributed by atoms with Crippen molar-refractivity contribution in [2.45, 2.75) is 13.5 Å². The van der Waals surface area contributed by atoms with E-state index < -0.39 is 5.91 Å². The number of anilines is 2. The molecule has 0 bridgehead atoms. The molecule has 0 unspecified atom stereocenters. The first-order chi connectivity index (χ1) is 16.0. The topological polar surface area (TPSA) is 87.7 Å². The maximum absolute atomic E-state index is 13.4. The standard InChI is InChI=1S/C26H23N3O4/c1-17(30)27-20-12-14-21(15-13-20)28-24-23(18-8-4-3-5-9-18)25(31)29(26(24)32)16-19-10-6-7-11-22(19)33-2/h3-15,28H,16H2,1-2H3,(H,27,30). The molecule has 7 nitrogen and oxygen atoms in total. The lowest BCUT2D eigenvalue weighted by atomic mass is 10.0. The van der Waals surface area contributed by atoms with E-state index in [0.29, 0.717) is 28.3 Å². The molecule has 3 aromatic carbocycles. The third-order valence-electron chi connectivity index (χ3n) is 5.23. The Morgan fingerprint density at radius 3 is 2.15 bits per heavy atom. The van der Waals surface area contributed by atoms with Crippen LogP contribution in [-0.4, -0.2) is 29.7 Å². The van der Waals surface area contributed by atoms with Gasteiger partial charge in [-0.15, -0.1) is 0 Å². The SMILES string of the molecule is COc1ccccc1CN1C(=O)C(Nc2ccc(NC(C)=O)cc2)=C(c2ccccc2)C1=O. The molecule has 1 aliphatic heterocycles. The van der Waals surface area contributed by atoms with Crippen LogP contribution in [0.4, 0.5) is 11.4 Å². The van der Waals surface area contributed by atoms with Gasteiger partial charge in [-0.05, 0) is 35.9 Å². The van der Waals surface area contributed by atoms with E-state index >= 15 is 0 Å². The molecule has 1 aliphatic rings. The first kappa shape index (κ1) is 21.8. The van der Waals surface area contributed by atoms with Gasteiger partial charge in [-0.1, -0.05) is 48.5 Å². The van der Waals surface area contributed by atoms with Gasteiger partial charge in [0.15, 0.2) is 0 Å². The molecular weight excluding hydrogens is 418 g/mol. The summed E-state index contributed by atoms with van der Waals surface area (Å²) in [5, 5.41) is 5.82. The number of ether oxygens (including phenoxy) is 1. The number of hydrogen-bond acceptors (Lipinski definition) is 5. The Labute approximate surface area is 191 Å². The minimum Gasteiger partial charge on any atom is -0.496 e. The number of nitrogens with zero attached hydrogens (tertiary/aromatic N) is 1. The molecule has 0 saturated heterocycles. The number of nitrogens with one attached hydrogen (secondary N) is 2. The fourth-order valence-electron chi connectivity index (χ4n) is 3.70. The minimum absolute atomic E-state index is 0.0880. The molecule has 7 heteroatoms. The Morgan fingerprint density at radius 1 is 0.848 bits per heavy atom. The predicted molar refractivity (Wildman–Crippen MR) is 126 cm³/mol. The van der Waals surface area contributed by atoms with Crippen LogP contribution in [0, 0.1) is 0 Å². The van der Waals surface area contributed by atoms with Crippen LogP contribution >= 0.6 is 0 Å². The Balaban J connectivity index is 1.68. The average molecular weight is 441 g/mol. The maximum Gasteiger partial charge on any atom is 0.278 e. The number of amides is 3. The van der Waals surface area contributed by atoms with Crippen LogP contribution in [0.3, 0.4) is 0 Å². The summed E-state index contributed by atoms with van der Waals surface area (Å²) in [6, 6.07) is 23.3. The van der Waals surface area contributed by atoms with E-state index in [2.05, 4.69) is 10.6 Å². The molecule has 3 amide bonds. The smallest absolute Gasteiger partial charge is 0.278 e. The lowest BCUT2D eigenvalue weighted by molar-refractivity contribution is -0.137. The van der Waals surface area contributed by atoms with E-state index in [-0.39, 0.29) is 24.1 Å². The number of hydrogen-bond donors (Lipinski definition) is 2. The van der Waals surface area contributed by atoms with Gasteiger partial charge < -0.3 is 15.4 Å². The van der Waals surface area contributed by atoms with Crippen molar-refractivity contribution in [2.75, 3.05) is 17.7 Å². The first-order valence-electron chi connectivity index (χ1n) is 10.4. The lowest BCUT2D eigenvalue weighted by Gasteiger charge is -2.17. The van der Waals surface area contributed by atoms with Crippen LogP contribution in [0.5, 0.6) is 5.75 Å². The maximum atomic E-state index is 13.4. The summed E-state index contributed by atoms with van der Waals surface area (Å²) < 4.78 is 5.39. The third-order valence-corrected chi connectivity index (χ3v) is 5.23. The molecule has 4 rings (SSSR count). The predicted octanol–water partition coefficient (Wildman–Crippen LogP) is 4.05. The molecule has 2 N–H and O–H groups in total. The summed E-state index contributed by atoms with van der Waals surface area (Å²) in [6.45, 7) is 1.52. The van der Waals surface area contributed by atoms with E-state index in [1.54, 1.807) is 49.6 Å². The number of carbonyl (C=O) groups is 3. The Hall–Kier alpha value is -4.39. The highest BCUT2D eigenvalue weighted by atomic mass is 16.5. The van der Waals surface area contributed by atoms with Gasteiger partial charge in [0, 0.05) is 23.9 Å². The molecule has 0 atom stereocenters. The van der Waals surface area contributed by atoms with Crippen molar-refractivity contribution in [1.82, 2.24) is 4.90 Å². The highest BCUT2D eigenvalue weighted by Crippen LogP contribution is 2.32. The molecule has 1 heterocycles. The second-order valence-corrected chi connectivity index (χ2v) is 7.51. The van der Waals surface area contributed by atoms with Crippen molar-refractivity contribution in [3.05, 3.63) is 95.7 Å². The fourth-order valence-corrected chi connectivity index (χ4v) is 3.70. The Kier molecular flexibility index (Phi) is 6.22. The number of carbonyl (C=O) groups excluding carboxylic acids is 3. The van der Waals surface area contributed by atoms with Crippen LogP contribution in [0.15, 0.2) is 84.6 Å². The summed E-state index contributed by atoms with van der Waals surface area (Å²) >= 11 is 0. The van der Waals surface area contributed by atoms with E-state index in [4.69, 9.17) is 4.74 Å². The zero-order chi connectivity index (χ0) is 23.4. The van der Waals surface area contributed by atoms with E-state index in [9.17, 15) is 14.4 Å². The first-order valence-corrected chi connectivity index (χ1v) is 10.4. The largest absolute Gasteiger partial charge is 0.496 e. The van der Waals surface area contributed by atoms with Gasteiger partial charge in [0.2, 0.25) is 5.91 Å². The van der Waals surface area contributed by atoms with Crippen molar-refractivity contribution >= 4 is 34.7 Å². The van der Waals surface area contributed by atoms with Crippen LogP contribution in [-0.2, 0) is 20.9 Å². The van der Waals surface area contributed by atoms with Crippen molar-refractivity contribution in [3.8, 4) is 5.75 Å². The van der Waals surface area contributed by atoms with Crippen LogP contribution in [0.25, 0.3) is 5.57 Å². The molecule has 3 aromatic rings. The number of benzene rings is 3. The third kappa shape index (κ3) is 4.62. The normalized spacial score (nSPS) is 13.3. The van der Waals surface area contributed by atoms with Crippen molar-refractivity contribution in [2.24, 2.45) is 0 Å². The van der Waals surface area contributed by atoms with Crippen LogP contribution < -0.4 is 15.4 Å². The summed E-state index contributed by atoms with van der Waals surface area (Å²) in [6.07, 6.45) is 0. The molecule has 0 fully saturated rings. The van der Waals surface area contributed by atoms with Gasteiger partial charge in [0.05, 0.1) is 19.2 Å². The second-order valence-electron chi connectivity index (χ2n) is 7.51. The van der Waals surface area contributed by atoms with Crippen LogP contribution in [0.2, 0.25) is 0 Å². The van der Waals surface area contributed by atoms with Crippen molar-refractivity contribution < 1.29 is 19.1 Å². The number of rotatable bonds is 7. The molecule has 0 aromatic heterocycles. The molecule has 33 heavy (non-hydrogen) atoms. The van der Waals surface area contributed by atoms with Gasteiger partial charge in [0.1, 0.15) is 11.4 Å². The fraction of sp³-hybridized carbons (Fsp3) is 0.115. The summed E-state index contributed by atoms with van der Waals surface area (Å²) in [5.74, 6) is -0.368. The number of methoxy groups -OCH3 is 1. The van der Waals surface area contributed by atoms with E-state index in [1.807, 2.05) is 36.4 Å². The summed E-state index contributed by atoms with van der Waals surface area (Å²) in [7, 11) is 1.55. The molecule has 0 spiro atoms. The van der Waals surface area contributed by atoms with Gasteiger partial charge >= 0.3 is 0 Å². The quantitative estimate of drug-likeness (QED) is 0.540. The van der Waals surface area contributed by atoms with Gasteiger partial charge in [-0.2, -0.15) is 0 Å². The zero-order valence-electron chi connectivity index (χ0n) is 18.3. The zero-order valence-corrected chi connectivity index (χ0v) is 18.3. The van der Waals surface area contributed by atoms with Gasteiger partial charge in [0.25, 0.3) is 11.8 Å². The minimum atomic E-state index is -0.421. The van der Waals surface area contributed by atoms with Crippen molar-refractivity contribution in [3.63, 3.8) is 0 Å². The lowest BCUT2D eigenvalue weighted by Crippen LogP contribution is -2.32. The second kappa shape index (κ2) is 9.40. The Bertz CT molecular complexity index is 1230. The highest BCUT2D eigenvalue weighted by molar-refractivity contribution is 6.36. The van der Waals surface area contributed by atoms with Gasteiger partial charge in [-0.3, -0.25) is 19.3 Å². The molecule has 166 valence electrons. The monoisotopic (exact) mass is 441 g/mol. The van der Waals surface area contributed by atoms with Gasteiger partial charge in [-0.25, -0.2) is 0 Å². The summed E-state index contributed by atoms with van der Waals surface area (Å²) in [5.41, 5.74) is 3.14. The highest BCUT2D eigenvalue weighted by Gasteiger charge is 2.39. The molecule has 0 aliphatic carbocycles. The number of imide groups is 1. The molecule has 0 saturated carbocycles. The molecule has 0 radical (unpaired) electrons. The number of para-hydroxylation sites is 1. The Morgan fingerprint density at radius 2 is 1.48 bits per heavy atom. The van der Waals surface area contributed by atoms with E-state index in [0.717, 1.165) is 5.56 Å². The van der Waals surface area contributed by atoms with Crippen LogP contribution in [0.1, 0.15) is 18.1 Å².